The van der Waals surface area contributed by atoms with Crippen molar-refractivity contribution >= 4 is 11.6 Å². The second kappa shape index (κ2) is 7.34. The fraction of sp³-hybridized carbons (Fsp3) is 0.318. The Labute approximate surface area is 158 Å². The molecule has 1 aliphatic heterocycles. The van der Waals surface area contributed by atoms with Crippen molar-refractivity contribution in [2.45, 2.75) is 25.9 Å². The number of fused-ring (bicyclic) bond motifs is 1. The minimum absolute atomic E-state index is 0.0990. The zero-order valence-electron chi connectivity index (χ0n) is 15.1. The van der Waals surface area contributed by atoms with E-state index in [2.05, 4.69) is 17.2 Å². The summed E-state index contributed by atoms with van der Waals surface area (Å²) in [7, 11) is 0. The Morgan fingerprint density at radius 3 is 2.81 bits per heavy atom. The van der Waals surface area contributed by atoms with Crippen LogP contribution in [0.5, 0.6) is 11.5 Å². The number of aliphatic hydroxyl groups is 1. The molecule has 1 aliphatic carbocycles. The van der Waals surface area contributed by atoms with E-state index in [4.69, 9.17) is 14.6 Å². The monoisotopic (exact) mass is 363 g/mol. The molecule has 1 fully saturated rings. The highest BCUT2D eigenvalue weighted by atomic mass is 16.6. The molecule has 0 bridgehead atoms. The topological polar surface area (TPSA) is 67.8 Å². The highest BCUT2D eigenvalue weighted by Gasteiger charge is 2.21. The van der Waals surface area contributed by atoms with E-state index in [1.165, 1.54) is 12.8 Å². The maximum Gasteiger partial charge on any atom is 0.255 e. The Balaban J connectivity index is 1.47. The normalized spacial score (nSPS) is 17.6. The van der Waals surface area contributed by atoms with Crippen LogP contribution in [-0.4, -0.2) is 30.3 Å². The predicted molar refractivity (Wildman–Crippen MR) is 102 cm³/mol. The number of carbonyl (C=O) groups excluding carboxylic acids is 1. The average Bonchev–Trinajstić information content (AvgIpc) is 3.50. The molecule has 27 heavy (non-hydrogen) atoms. The molecule has 0 saturated heterocycles. The van der Waals surface area contributed by atoms with Crippen molar-refractivity contribution in [1.29, 1.82) is 0 Å². The first-order valence-electron chi connectivity index (χ1n) is 9.10. The molecule has 1 amide bonds. The first kappa shape index (κ1) is 17.4. The molecule has 138 valence electrons. The van der Waals surface area contributed by atoms with E-state index >= 15 is 0 Å². The lowest BCUT2D eigenvalue weighted by Crippen LogP contribution is -2.32. The van der Waals surface area contributed by atoms with Crippen LogP contribution in [0.2, 0.25) is 0 Å². The summed E-state index contributed by atoms with van der Waals surface area (Å²) in [6.07, 6.45) is 2.04. The van der Waals surface area contributed by atoms with E-state index in [1.807, 2.05) is 25.1 Å². The second-order valence-electron chi connectivity index (χ2n) is 6.92. The zero-order valence-corrected chi connectivity index (χ0v) is 15.1. The number of aryl methyl sites for hydroxylation is 1. The highest BCUT2D eigenvalue weighted by Crippen LogP contribution is 2.34. The molecule has 0 radical (unpaired) electrons. The molecule has 5 nitrogen and oxygen atoms in total. The van der Waals surface area contributed by atoms with Crippen LogP contribution >= 0.6 is 0 Å². The maximum atomic E-state index is 12.6. The van der Waals surface area contributed by atoms with Gasteiger partial charge < -0.3 is 19.9 Å². The lowest BCUT2D eigenvalue weighted by molar-refractivity contribution is 0.0457. The lowest BCUT2D eigenvalue weighted by atomic mass is 10.0. The van der Waals surface area contributed by atoms with Gasteiger partial charge in [-0.3, -0.25) is 4.79 Å². The van der Waals surface area contributed by atoms with Crippen molar-refractivity contribution < 1.29 is 19.4 Å². The maximum absolute atomic E-state index is 12.6. The zero-order chi connectivity index (χ0) is 18.8. The third-order valence-electron chi connectivity index (χ3n) is 4.59. The Morgan fingerprint density at radius 2 is 2.07 bits per heavy atom. The largest absolute Gasteiger partial charge is 0.486 e. The molecule has 2 N–H and O–H groups in total. The molecule has 2 aliphatic rings. The molecule has 1 atom stereocenters. The van der Waals surface area contributed by atoms with Gasteiger partial charge in [-0.05, 0) is 55.7 Å². The standard InChI is InChI=1S/C22H21NO4/c1-14-10-16(5-4-15-2-3-15)6-8-19(14)22(25)23-17-7-9-20-21(11-17)26-13-18(12-24)27-20/h6-11,15,18,24H,2-3,12-13H2,1H3,(H,23,25). The summed E-state index contributed by atoms with van der Waals surface area (Å²) >= 11 is 0. The second-order valence-corrected chi connectivity index (χ2v) is 6.92. The number of amides is 1. The van der Waals surface area contributed by atoms with Gasteiger partial charge in [0, 0.05) is 28.8 Å². The predicted octanol–water partition coefficient (Wildman–Crippen LogP) is 3.14. The minimum Gasteiger partial charge on any atom is -0.486 e. The molecule has 1 saturated carbocycles. The molecular weight excluding hydrogens is 342 g/mol. The van der Waals surface area contributed by atoms with Gasteiger partial charge in [-0.1, -0.05) is 11.8 Å². The molecule has 4 rings (SSSR count). The number of aliphatic hydroxyl groups excluding tert-OH is 1. The minimum atomic E-state index is -0.359. The SMILES string of the molecule is Cc1cc(C#CC2CC2)ccc1C(=O)Nc1ccc2c(c1)OCC(CO)O2. The van der Waals surface area contributed by atoms with Gasteiger partial charge in [-0.2, -0.15) is 0 Å². The summed E-state index contributed by atoms with van der Waals surface area (Å²) in [5.74, 6) is 7.90. The molecule has 0 aromatic heterocycles. The molecule has 5 heteroatoms. The van der Waals surface area contributed by atoms with E-state index < -0.39 is 0 Å². The Kier molecular flexibility index (Phi) is 4.74. The van der Waals surface area contributed by atoms with Gasteiger partial charge in [0.15, 0.2) is 17.6 Å². The molecule has 2 aromatic rings. The molecule has 1 heterocycles. The van der Waals surface area contributed by atoms with Crippen LogP contribution < -0.4 is 14.8 Å². The fourth-order valence-corrected chi connectivity index (χ4v) is 2.89. The van der Waals surface area contributed by atoms with Gasteiger partial charge >= 0.3 is 0 Å². The van der Waals surface area contributed by atoms with E-state index in [-0.39, 0.29) is 25.2 Å². The van der Waals surface area contributed by atoms with E-state index in [9.17, 15) is 4.79 Å². The van der Waals surface area contributed by atoms with Gasteiger partial charge in [-0.25, -0.2) is 0 Å². The van der Waals surface area contributed by atoms with Crippen molar-refractivity contribution in [3.05, 3.63) is 53.1 Å². The summed E-state index contributed by atoms with van der Waals surface area (Å²) in [5, 5.41) is 12.0. The molecule has 0 spiro atoms. The number of hydrogen-bond donors (Lipinski definition) is 2. The van der Waals surface area contributed by atoms with E-state index in [1.54, 1.807) is 18.2 Å². The summed E-state index contributed by atoms with van der Waals surface area (Å²) in [4.78, 5) is 12.6. The van der Waals surface area contributed by atoms with E-state index in [0.717, 1.165) is 11.1 Å². The van der Waals surface area contributed by atoms with E-state index in [0.29, 0.717) is 28.7 Å². The fourth-order valence-electron chi connectivity index (χ4n) is 2.89. The van der Waals surface area contributed by atoms with Crippen LogP contribution in [-0.2, 0) is 0 Å². The third-order valence-corrected chi connectivity index (χ3v) is 4.59. The number of rotatable bonds is 3. The van der Waals surface area contributed by atoms with Crippen LogP contribution in [0, 0.1) is 24.7 Å². The van der Waals surface area contributed by atoms with Gasteiger partial charge in [0.25, 0.3) is 5.91 Å². The Bertz CT molecular complexity index is 937. The first-order chi connectivity index (χ1) is 13.1. The Morgan fingerprint density at radius 1 is 1.22 bits per heavy atom. The van der Waals surface area contributed by atoms with Gasteiger partial charge in [0.1, 0.15) is 6.61 Å². The number of hydrogen-bond acceptors (Lipinski definition) is 4. The van der Waals surface area contributed by atoms with Crippen molar-refractivity contribution in [2.24, 2.45) is 5.92 Å². The lowest BCUT2D eigenvalue weighted by Gasteiger charge is -2.25. The number of benzene rings is 2. The third kappa shape index (κ3) is 4.07. The highest BCUT2D eigenvalue weighted by molar-refractivity contribution is 6.05. The quantitative estimate of drug-likeness (QED) is 0.822. The number of nitrogens with one attached hydrogen (secondary N) is 1. The molecule has 1 unspecified atom stereocenters. The molecular formula is C22H21NO4. The smallest absolute Gasteiger partial charge is 0.255 e. The van der Waals surface area contributed by atoms with Crippen LogP contribution in [0.25, 0.3) is 0 Å². The number of ether oxygens (including phenoxy) is 2. The Hall–Kier alpha value is -2.97. The van der Waals surface area contributed by atoms with Crippen LogP contribution in [0.4, 0.5) is 5.69 Å². The average molecular weight is 363 g/mol. The van der Waals surface area contributed by atoms with Gasteiger partial charge in [0.2, 0.25) is 0 Å². The number of carbonyl (C=O) groups is 1. The van der Waals surface area contributed by atoms with Crippen LogP contribution in [0.3, 0.4) is 0 Å². The summed E-state index contributed by atoms with van der Waals surface area (Å²) in [6, 6.07) is 10.9. The van der Waals surface area contributed by atoms with Crippen LogP contribution in [0.15, 0.2) is 36.4 Å². The van der Waals surface area contributed by atoms with Crippen molar-refractivity contribution in [2.75, 3.05) is 18.5 Å². The van der Waals surface area contributed by atoms with Gasteiger partial charge in [0.05, 0.1) is 6.61 Å². The summed E-state index contributed by atoms with van der Waals surface area (Å²) in [5.41, 5.74) is 3.07. The summed E-state index contributed by atoms with van der Waals surface area (Å²) < 4.78 is 11.2. The van der Waals surface area contributed by atoms with Crippen molar-refractivity contribution in [1.82, 2.24) is 0 Å². The van der Waals surface area contributed by atoms with Crippen molar-refractivity contribution in [3.8, 4) is 23.3 Å². The van der Waals surface area contributed by atoms with Crippen molar-refractivity contribution in [3.63, 3.8) is 0 Å². The first-order valence-corrected chi connectivity index (χ1v) is 9.10. The van der Waals surface area contributed by atoms with Crippen LogP contribution in [0.1, 0.15) is 34.3 Å². The summed E-state index contributed by atoms with van der Waals surface area (Å²) in [6.45, 7) is 2.09. The molecule has 2 aromatic carbocycles. The number of anilines is 1. The van der Waals surface area contributed by atoms with Gasteiger partial charge in [-0.15, -0.1) is 0 Å².